The summed E-state index contributed by atoms with van der Waals surface area (Å²) in [6.07, 6.45) is -4.83. The highest BCUT2D eigenvalue weighted by Crippen LogP contribution is 2.28. The van der Waals surface area contributed by atoms with Gasteiger partial charge in [-0.3, -0.25) is 9.59 Å². The van der Waals surface area contributed by atoms with Crippen LogP contribution in [0.15, 0.2) is 51.7 Å². The first kappa shape index (κ1) is 18.8. The third-order valence-electron chi connectivity index (χ3n) is 3.52. The number of pyridine rings is 1. The molecule has 0 spiro atoms. The molecule has 27 heavy (non-hydrogen) atoms. The molecule has 0 saturated carbocycles. The van der Waals surface area contributed by atoms with Crippen LogP contribution in [0.2, 0.25) is 0 Å². The molecule has 0 radical (unpaired) electrons. The molecule has 3 N–H and O–H groups in total. The highest BCUT2D eigenvalue weighted by molar-refractivity contribution is 9.10. The van der Waals surface area contributed by atoms with Gasteiger partial charge in [0.2, 0.25) is 0 Å². The molecule has 0 fully saturated rings. The van der Waals surface area contributed by atoms with Crippen molar-refractivity contribution in [2.75, 3.05) is 5.32 Å². The van der Waals surface area contributed by atoms with Crippen molar-refractivity contribution in [3.05, 3.63) is 62.9 Å². The standard InChI is InChI=1S/C17H10BrF3N2O4/c18-8-1-6-12-11(7-8)14(24)13(16(26)23-12)15(25)22-9-2-4-10(5-3-9)27-17(19,20)21/h1-7H,(H,22,25)(H2,23,24,26). The fourth-order valence-corrected chi connectivity index (χ4v) is 2.75. The first-order valence-corrected chi connectivity index (χ1v) is 8.15. The van der Waals surface area contributed by atoms with Gasteiger partial charge in [-0.1, -0.05) is 15.9 Å². The van der Waals surface area contributed by atoms with Gasteiger partial charge in [-0.25, -0.2) is 0 Å². The molecule has 0 aliphatic carbocycles. The van der Waals surface area contributed by atoms with Crippen molar-refractivity contribution < 1.29 is 27.8 Å². The average Bonchev–Trinajstić information content (AvgIpc) is 2.56. The first-order valence-electron chi connectivity index (χ1n) is 7.36. The number of alkyl halides is 3. The third-order valence-corrected chi connectivity index (χ3v) is 4.01. The minimum Gasteiger partial charge on any atom is -0.506 e. The molecular formula is C17H10BrF3N2O4. The van der Waals surface area contributed by atoms with Gasteiger partial charge in [0, 0.05) is 15.5 Å². The fraction of sp³-hybridized carbons (Fsp3) is 0.0588. The number of hydrogen-bond acceptors (Lipinski definition) is 4. The van der Waals surface area contributed by atoms with Gasteiger partial charge in [-0.05, 0) is 42.5 Å². The van der Waals surface area contributed by atoms with Crippen LogP contribution in [0.25, 0.3) is 10.9 Å². The number of benzene rings is 2. The van der Waals surface area contributed by atoms with E-state index in [4.69, 9.17) is 0 Å². The topological polar surface area (TPSA) is 91.4 Å². The Bertz CT molecular complexity index is 1080. The summed E-state index contributed by atoms with van der Waals surface area (Å²) < 4.78 is 40.8. The minimum absolute atomic E-state index is 0.114. The summed E-state index contributed by atoms with van der Waals surface area (Å²) in [6, 6.07) is 9.09. The fourth-order valence-electron chi connectivity index (χ4n) is 2.39. The first-order chi connectivity index (χ1) is 12.6. The summed E-state index contributed by atoms with van der Waals surface area (Å²) in [5, 5.41) is 12.9. The van der Waals surface area contributed by atoms with Crippen LogP contribution >= 0.6 is 15.9 Å². The van der Waals surface area contributed by atoms with Crippen LogP contribution in [0.1, 0.15) is 10.4 Å². The van der Waals surface area contributed by atoms with Crippen LogP contribution in [0.3, 0.4) is 0 Å². The molecule has 0 saturated heterocycles. The van der Waals surface area contributed by atoms with Gasteiger partial charge in [-0.2, -0.15) is 0 Å². The Morgan fingerprint density at radius 3 is 2.44 bits per heavy atom. The van der Waals surface area contributed by atoms with E-state index in [9.17, 15) is 27.9 Å². The number of carbonyl (C=O) groups is 1. The molecule has 0 bridgehead atoms. The highest BCUT2D eigenvalue weighted by atomic mass is 79.9. The van der Waals surface area contributed by atoms with E-state index in [-0.39, 0.29) is 11.1 Å². The number of rotatable bonds is 3. The van der Waals surface area contributed by atoms with Gasteiger partial charge in [0.05, 0.1) is 5.52 Å². The average molecular weight is 443 g/mol. The molecule has 0 aliphatic rings. The molecule has 0 unspecified atom stereocenters. The number of ether oxygens (including phenoxy) is 1. The molecule has 6 nitrogen and oxygen atoms in total. The minimum atomic E-state index is -4.83. The van der Waals surface area contributed by atoms with Gasteiger partial charge in [0.1, 0.15) is 17.1 Å². The van der Waals surface area contributed by atoms with Crippen molar-refractivity contribution in [3.8, 4) is 11.5 Å². The number of fused-ring (bicyclic) bond motifs is 1. The maximum Gasteiger partial charge on any atom is 0.573 e. The van der Waals surface area contributed by atoms with E-state index in [0.717, 1.165) is 12.1 Å². The Morgan fingerprint density at radius 2 is 1.81 bits per heavy atom. The lowest BCUT2D eigenvalue weighted by molar-refractivity contribution is -0.274. The summed E-state index contributed by atoms with van der Waals surface area (Å²) >= 11 is 3.23. The van der Waals surface area contributed by atoms with Crippen LogP contribution < -0.4 is 15.6 Å². The van der Waals surface area contributed by atoms with Gasteiger partial charge in [-0.15, -0.1) is 13.2 Å². The Kier molecular flexibility index (Phi) is 4.83. The van der Waals surface area contributed by atoms with E-state index < -0.39 is 34.9 Å². The van der Waals surface area contributed by atoms with E-state index in [1.165, 1.54) is 18.2 Å². The lowest BCUT2D eigenvalue weighted by atomic mass is 10.1. The van der Waals surface area contributed by atoms with E-state index in [1.807, 2.05) is 0 Å². The van der Waals surface area contributed by atoms with Crippen molar-refractivity contribution in [1.82, 2.24) is 4.98 Å². The summed E-state index contributed by atoms with van der Waals surface area (Å²) in [7, 11) is 0. The van der Waals surface area contributed by atoms with Crippen molar-refractivity contribution in [1.29, 1.82) is 0 Å². The molecule has 0 atom stereocenters. The zero-order valence-corrected chi connectivity index (χ0v) is 14.8. The van der Waals surface area contributed by atoms with Gasteiger partial charge in [0.15, 0.2) is 0 Å². The molecule has 1 amide bonds. The predicted molar refractivity (Wildman–Crippen MR) is 95.0 cm³/mol. The van der Waals surface area contributed by atoms with Crippen LogP contribution in [0, 0.1) is 0 Å². The number of aromatic amines is 1. The highest BCUT2D eigenvalue weighted by Gasteiger charge is 2.31. The summed E-state index contributed by atoms with van der Waals surface area (Å²) in [5.74, 6) is -1.89. The van der Waals surface area contributed by atoms with Crippen molar-refractivity contribution in [3.63, 3.8) is 0 Å². The number of carbonyl (C=O) groups excluding carboxylic acids is 1. The maximum atomic E-state index is 12.4. The van der Waals surface area contributed by atoms with Crippen LogP contribution in [-0.4, -0.2) is 22.4 Å². The zero-order chi connectivity index (χ0) is 19.8. The molecule has 10 heteroatoms. The number of aromatic hydroxyl groups is 1. The number of halogens is 4. The second-order valence-corrected chi connectivity index (χ2v) is 6.31. The smallest absolute Gasteiger partial charge is 0.506 e. The van der Waals surface area contributed by atoms with E-state index in [2.05, 4.69) is 31.0 Å². The van der Waals surface area contributed by atoms with Gasteiger partial charge < -0.3 is 20.1 Å². The lowest BCUT2D eigenvalue weighted by Crippen LogP contribution is -2.23. The number of anilines is 1. The SMILES string of the molecule is O=C(Nc1ccc(OC(F)(F)F)cc1)c1c(O)c2cc(Br)ccc2[nH]c1=O. The normalized spacial score (nSPS) is 11.4. The second-order valence-electron chi connectivity index (χ2n) is 5.39. The molecule has 140 valence electrons. The number of nitrogens with one attached hydrogen (secondary N) is 2. The van der Waals surface area contributed by atoms with Gasteiger partial charge in [0.25, 0.3) is 11.5 Å². The number of amides is 1. The third kappa shape index (κ3) is 4.22. The summed E-state index contributed by atoms with van der Waals surface area (Å²) in [4.78, 5) is 27.0. The molecule has 1 aromatic heterocycles. The lowest BCUT2D eigenvalue weighted by Gasteiger charge is -2.11. The van der Waals surface area contributed by atoms with Crippen LogP contribution in [-0.2, 0) is 0 Å². The summed E-state index contributed by atoms with van der Waals surface area (Å²) in [5.41, 5.74) is -0.873. The molecule has 1 heterocycles. The van der Waals surface area contributed by atoms with Crippen LogP contribution in [0.4, 0.5) is 18.9 Å². The Hall–Kier alpha value is -3.01. The zero-order valence-electron chi connectivity index (χ0n) is 13.2. The Balaban J connectivity index is 1.89. The van der Waals surface area contributed by atoms with Crippen molar-refractivity contribution >= 4 is 38.4 Å². The Morgan fingerprint density at radius 1 is 1.15 bits per heavy atom. The maximum absolute atomic E-state index is 12.4. The second kappa shape index (κ2) is 6.95. The van der Waals surface area contributed by atoms with Gasteiger partial charge >= 0.3 is 6.36 Å². The molecule has 2 aromatic carbocycles. The number of aromatic nitrogens is 1. The molecular weight excluding hydrogens is 433 g/mol. The van der Waals surface area contributed by atoms with Crippen molar-refractivity contribution in [2.45, 2.75) is 6.36 Å². The predicted octanol–water partition coefficient (Wildman–Crippen LogP) is 4.15. The summed E-state index contributed by atoms with van der Waals surface area (Å²) in [6.45, 7) is 0. The van der Waals surface area contributed by atoms with Crippen LogP contribution in [0.5, 0.6) is 11.5 Å². The molecule has 3 aromatic rings. The quantitative estimate of drug-likeness (QED) is 0.568. The molecule has 0 aliphatic heterocycles. The number of H-pyrrole nitrogens is 1. The monoisotopic (exact) mass is 442 g/mol. The van der Waals surface area contributed by atoms with E-state index in [0.29, 0.717) is 9.99 Å². The van der Waals surface area contributed by atoms with E-state index >= 15 is 0 Å². The molecule has 3 rings (SSSR count). The van der Waals surface area contributed by atoms with Crippen molar-refractivity contribution in [2.24, 2.45) is 0 Å². The Labute approximate surface area is 157 Å². The largest absolute Gasteiger partial charge is 0.573 e. The van der Waals surface area contributed by atoms with E-state index in [1.54, 1.807) is 12.1 Å². The number of hydrogen-bond donors (Lipinski definition) is 3.